The number of rotatable bonds is 4. The Balaban J connectivity index is 2.40. The Bertz CT molecular complexity index is 519. The summed E-state index contributed by atoms with van der Waals surface area (Å²) in [4.78, 5) is 15.7. The lowest BCUT2D eigenvalue weighted by Gasteiger charge is -2.19. The van der Waals surface area contributed by atoms with Gasteiger partial charge in [-0.2, -0.15) is 0 Å². The minimum absolute atomic E-state index is 0.0606. The second-order valence-corrected chi connectivity index (χ2v) is 4.12. The van der Waals surface area contributed by atoms with Crippen LogP contribution in [0.2, 0.25) is 0 Å². The average molecular weight is 243 g/mol. The number of nitrogens with zero attached hydrogens (tertiary/aromatic N) is 2. The van der Waals surface area contributed by atoms with Crippen molar-refractivity contribution in [1.29, 1.82) is 0 Å². The van der Waals surface area contributed by atoms with Crippen molar-refractivity contribution in [2.24, 2.45) is 0 Å². The molecule has 0 aliphatic heterocycles. The molecule has 0 bridgehead atoms. The van der Waals surface area contributed by atoms with Crippen molar-refractivity contribution >= 4 is 5.91 Å². The Hall–Kier alpha value is -2.10. The van der Waals surface area contributed by atoms with Crippen LogP contribution in [-0.2, 0) is 11.3 Å². The number of imidazole rings is 1. The van der Waals surface area contributed by atoms with Crippen LogP contribution in [0.5, 0.6) is 0 Å². The van der Waals surface area contributed by atoms with Crippen molar-refractivity contribution in [1.82, 2.24) is 14.9 Å². The first-order chi connectivity index (χ1) is 8.72. The second kappa shape index (κ2) is 5.49. The highest BCUT2D eigenvalue weighted by atomic mass is 16.1. The zero-order valence-corrected chi connectivity index (χ0v) is 10.6. The summed E-state index contributed by atoms with van der Waals surface area (Å²) in [7, 11) is 0. The summed E-state index contributed by atoms with van der Waals surface area (Å²) in [5, 5.41) is 2.95. The monoisotopic (exact) mass is 243 g/mol. The van der Waals surface area contributed by atoms with Crippen LogP contribution in [0.3, 0.4) is 0 Å². The molecule has 1 aromatic carbocycles. The van der Waals surface area contributed by atoms with Crippen molar-refractivity contribution in [3.63, 3.8) is 0 Å². The molecule has 2 aromatic rings. The number of aromatic nitrogens is 2. The maximum Gasteiger partial charge on any atom is 0.217 e. The van der Waals surface area contributed by atoms with Crippen LogP contribution >= 0.6 is 0 Å². The number of carbonyl (C=O) groups is 1. The molecule has 0 aliphatic rings. The Labute approximate surface area is 107 Å². The van der Waals surface area contributed by atoms with Crippen molar-refractivity contribution in [2.75, 3.05) is 0 Å². The highest BCUT2D eigenvalue weighted by Crippen LogP contribution is 2.20. The van der Waals surface area contributed by atoms with Gasteiger partial charge in [-0.15, -0.1) is 0 Å². The van der Waals surface area contributed by atoms with E-state index in [4.69, 9.17) is 0 Å². The zero-order valence-electron chi connectivity index (χ0n) is 10.6. The molecule has 1 aromatic heterocycles. The molecule has 1 atom stereocenters. The average Bonchev–Trinajstić information content (AvgIpc) is 2.85. The fourth-order valence-corrected chi connectivity index (χ4v) is 1.99. The fraction of sp³-hybridized carbons (Fsp3) is 0.286. The van der Waals surface area contributed by atoms with Crippen molar-refractivity contribution < 1.29 is 4.79 Å². The highest BCUT2D eigenvalue weighted by Gasteiger charge is 2.19. The van der Waals surface area contributed by atoms with Gasteiger partial charge in [-0.3, -0.25) is 4.79 Å². The van der Waals surface area contributed by atoms with E-state index in [1.54, 1.807) is 6.20 Å². The van der Waals surface area contributed by atoms with E-state index in [9.17, 15) is 4.79 Å². The van der Waals surface area contributed by atoms with Gasteiger partial charge in [0.15, 0.2) is 0 Å². The molecule has 0 saturated heterocycles. The van der Waals surface area contributed by atoms with Crippen molar-refractivity contribution in [2.45, 2.75) is 26.4 Å². The van der Waals surface area contributed by atoms with E-state index in [1.807, 2.05) is 41.1 Å². The molecule has 4 heteroatoms. The van der Waals surface area contributed by atoms with Gasteiger partial charge < -0.3 is 9.88 Å². The lowest BCUT2D eigenvalue weighted by Crippen LogP contribution is -2.29. The third-order valence-electron chi connectivity index (χ3n) is 2.83. The van der Waals surface area contributed by atoms with Gasteiger partial charge in [0.25, 0.3) is 0 Å². The molecule has 1 amide bonds. The third kappa shape index (κ3) is 2.59. The predicted molar refractivity (Wildman–Crippen MR) is 70.0 cm³/mol. The summed E-state index contributed by atoms with van der Waals surface area (Å²) in [6, 6.07) is 9.68. The van der Waals surface area contributed by atoms with Gasteiger partial charge in [-0.1, -0.05) is 30.3 Å². The Morgan fingerprint density at radius 2 is 2.11 bits per heavy atom. The van der Waals surface area contributed by atoms with E-state index >= 15 is 0 Å². The molecule has 0 aliphatic carbocycles. The molecule has 18 heavy (non-hydrogen) atoms. The first-order valence-corrected chi connectivity index (χ1v) is 6.05. The maximum atomic E-state index is 11.4. The topological polar surface area (TPSA) is 46.9 Å². The number of aryl methyl sites for hydroxylation is 1. The van der Waals surface area contributed by atoms with Crippen molar-refractivity contribution in [3.8, 4) is 0 Å². The molecule has 0 spiro atoms. The summed E-state index contributed by atoms with van der Waals surface area (Å²) in [6.45, 7) is 4.41. The molecule has 94 valence electrons. The van der Waals surface area contributed by atoms with Gasteiger partial charge in [-0.25, -0.2) is 4.98 Å². The zero-order chi connectivity index (χ0) is 13.0. The first-order valence-electron chi connectivity index (χ1n) is 6.05. The van der Waals surface area contributed by atoms with Gasteiger partial charge in [0.1, 0.15) is 11.9 Å². The molecule has 0 saturated carbocycles. The fourth-order valence-electron chi connectivity index (χ4n) is 1.99. The van der Waals surface area contributed by atoms with Gasteiger partial charge in [0.2, 0.25) is 5.91 Å². The molecule has 1 N–H and O–H groups in total. The van der Waals surface area contributed by atoms with Crippen LogP contribution in [0.25, 0.3) is 0 Å². The standard InChI is InChI=1S/C14H17N3O/c1-3-17-10-9-15-14(17)13(16-11(2)18)12-7-5-4-6-8-12/h4-10,13H,3H2,1-2H3,(H,16,18). The SMILES string of the molecule is CCn1ccnc1C(NC(C)=O)c1ccccc1. The summed E-state index contributed by atoms with van der Waals surface area (Å²) in [5.74, 6) is 0.799. The molecule has 1 unspecified atom stereocenters. The summed E-state index contributed by atoms with van der Waals surface area (Å²) in [6.07, 6.45) is 3.68. The molecule has 0 radical (unpaired) electrons. The quantitative estimate of drug-likeness (QED) is 0.894. The Morgan fingerprint density at radius 1 is 1.39 bits per heavy atom. The largest absolute Gasteiger partial charge is 0.342 e. The van der Waals surface area contributed by atoms with Crippen LogP contribution in [0, 0.1) is 0 Å². The van der Waals surface area contributed by atoms with Gasteiger partial charge >= 0.3 is 0 Å². The van der Waals surface area contributed by atoms with E-state index in [1.165, 1.54) is 6.92 Å². The molecule has 4 nitrogen and oxygen atoms in total. The summed E-state index contributed by atoms with van der Waals surface area (Å²) < 4.78 is 2.04. The van der Waals surface area contributed by atoms with E-state index in [2.05, 4.69) is 17.2 Å². The lowest BCUT2D eigenvalue weighted by atomic mass is 10.1. The number of carbonyl (C=O) groups excluding carboxylic acids is 1. The van der Waals surface area contributed by atoms with Crippen LogP contribution in [0.1, 0.15) is 31.3 Å². The number of amides is 1. The van der Waals surface area contributed by atoms with E-state index in [-0.39, 0.29) is 11.9 Å². The highest BCUT2D eigenvalue weighted by molar-refractivity contribution is 5.73. The normalized spacial score (nSPS) is 12.1. The molecule has 0 fully saturated rings. The molecule has 2 rings (SSSR count). The number of benzene rings is 1. The van der Waals surface area contributed by atoms with Crippen LogP contribution in [-0.4, -0.2) is 15.5 Å². The maximum absolute atomic E-state index is 11.4. The summed E-state index contributed by atoms with van der Waals surface area (Å²) >= 11 is 0. The first kappa shape index (κ1) is 12.4. The Kier molecular flexibility index (Phi) is 3.77. The third-order valence-corrected chi connectivity index (χ3v) is 2.83. The minimum atomic E-state index is -0.196. The lowest BCUT2D eigenvalue weighted by molar-refractivity contribution is -0.119. The second-order valence-electron chi connectivity index (χ2n) is 4.12. The predicted octanol–water partition coefficient (Wildman–Crippen LogP) is 2.13. The molecule has 1 heterocycles. The smallest absolute Gasteiger partial charge is 0.217 e. The van der Waals surface area contributed by atoms with Gasteiger partial charge in [0, 0.05) is 25.9 Å². The van der Waals surface area contributed by atoms with Crippen LogP contribution in [0.15, 0.2) is 42.7 Å². The minimum Gasteiger partial charge on any atom is -0.342 e. The van der Waals surface area contributed by atoms with E-state index in [0.717, 1.165) is 17.9 Å². The number of hydrogen-bond acceptors (Lipinski definition) is 2. The van der Waals surface area contributed by atoms with E-state index in [0.29, 0.717) is 0 Å². The van der Waals surface area contributed by atoms with Crippen LogP contribution < -0.4 is 5.32 Å². The van der Waals surface area contributed by atoms with Gasteiger partial charge in [0.05, 0.1) is 0 Å². The summed E-state index contributed by atoms with van der Waals surface area (Å²) in [5.41, 5.74) is 1.04. The van der Waals surface area contributed by atoms with Gasteiger partial charge in [-0.05, 0) is 12.5 Å². The number of nitrogens with one attached hydrogen (secondary N) is 1. The molecular formula is C14H17N3O. The van der Waals surface area contributed by atoms with Crippen LogP contribution in [0.4, 0.5) is 0 Å². The van der Waals surface area contributed by atoms with E-state index < -0.39 is 0 Å². The molecular weight excluding hydrogens is 226 g/mol. The number of hydrogen-bond donors (Lipinski definition) is 1. The Morgan fingerprint density at radius 3 is 2.72 bits per heavy atom. The van der Waals surface area contributed by atoms with Crippen molar-refractivity contribution in [3.05, 3.63) is 54.1 Å².